The lowest BCUT2D eigenvalue weighted by molar-refractivity contribution is -0.135. The van der Waals surface area contributed by atoms with Crippen molar-refractivity contribution < 1.29 is 9.18 Å². The molecular weight excluding hydrogens is 229 g/mol. The quantitative estimate of drug-likeness (QED) is 0.804. The highest BCUT2D eigenvalue weighted by atomic mass is 19.1. The van der Waals surface area contributed by atoms with Gasteiger partial charge in [0.2, 0.25) is 5.91 Å². The SMILES string of the molecule is C[C@H](c1ccccc1)N1C[C@@]2(CF)CC[C@@H]2C1=O. The summed E-state index contributed by atoms with van der Waals surface area (Å²) < 4.78 is 13.2. The molecule has 1 aromatic carbocycles. The van der Waals surface area contributed by atoms with Crippen molar-refractivity contribution >= 4 is 5.91 Å². The van der Waals surface area contributed by atoms with E-state index in [0.29, 0.717) is 6.54 Å². The van der Waals surface area contributed by atoms with Crippen LogP contribution in [0.15, 0.2) is 30.3 Å². The lowest BCUT2D eigenvalue weighted by Crippen LogP contribution is -2.42. The molecule has 1 aliphatic carbocycles. The minimum absolute atomic E-state index is 0.0488. The second-order valence-electron chi connectivity index (χ2n) is 5.64. The summed E-state index contributed by atoms with van der Waals surface area (Å²) in [7, 11) is 0. The van der Waals surface area contributed by atoms with E-state index < -0.39 is 0 Å². The summed E-state index contributed by atoms with van der Waals surface area (Å²) in [6.07, 6.45) is 1.72. The Morgan fingerprint density at radius 2 is 2.17 bits per heavy atom. The lowest BCUT2D eigenvalue weighted by Gasteiger charge is -2.39. The van der Waals surface area contributed by atoms with Gasteiger partial charge in [0.1, 0.15) is 0 Å². The standard InChI is InChI=1S/C15H18FNO/c1-11(12-5-3-2-4-6-12)17-10-15(9-16)8-7-13(15)14(17)18/h2-6,11,13H,7-10H2,1H3/t11-,13-,15+/m1/s1. The molecule has 0 aromatic heterocycles. The van der Waals surface area contributed by atoms with Gasteiger partial charge < -0.3 is 4.90 Å². The zero-order valence-corrected chi connectivity index (χ0v) is 10.6. The summed E-state index contributed by atoms with van der Waals surface area (Å²) in [5.41, 5.74) is 0.765. The number of nitrogens with zero attached hydrogens (tertiary/aromatic N) is 1. The van der Waals surface area contributed by atoms with Crippen LogP contribution in [0.2, 0.25) is 0 Å². The van der Waals surface area contributed by atoms with Crippen LogP contribution in [-0.4, -0.2) is 24.0 Å². The Morgan fingerprint density at radius 3 is 2.67 bits per heavy atom. The van der Waals surface area contributed by atoms with Gasteiger partial charge in [-0.15, -0.1) is 0 Å². The molecule has 1 amide bonds. The first-order valence-electron chi connectivity index (χ1n) is 6.59. The highest BCUT2D eigenvalue weighted by Crippen LogP contribution is 2.54. The van der Waals surface area contributed by atoms with E-state index >= 15 is 0 Å². The molecule has 18 heavy (non-hydrogen) atoms. The van der Waals surface area contributed by atoms with Gasteiger partial charge in [-0.2, -0.15) is 0 Å². The van der Waals surface area contributed by atoms with Gasteiger partial charge in [0.15, 0.2) is 0 Å². The summed E-state index contributed by atoms with van der Waals surface area (Å²) in [5.74, 6) is 0.0870. The number of hydrogen-bond donors (Lipinski definition) is 0. The predicted octanol–water partition coefficient (Wildman–Crippen LogP) is 2.96. The van der Waals surface area contributed by atoms with Crippen LogP contribution in [-0.2, 0) is 4.79 Å². The number of fused-ring (bicyclic) bond motifs is 1. The number of alkyl halides is 1. The zero-order chi connectivity index (χ0) is 12.8. The fourth-order valence-electron chi connectivity index (χ4n) is 3.33. The molecule has 2 fully saturated rings. The molecule has 1 saturated carbocycles. The van der Waals surface area contributed by atoms with Crippen molar-refractivity contribution in [1.29, 1.82) is 0 Å². The summed E-state index contributed by atoms with van der Waals surface area (Å²) in [6.45, 7) is 2.26. The van der Waals surface area contributed by atoms with Crippen molar-refractivity contribution in [2.24, 2.45) is 11.3 Å². The van der Waals surface area contributed by atoms with Gasteiger partial charge in [-0.3, -0.25) is 9.18 Å². The van der Waals surface area contributed by atoms with Gasteiger partial charge in [0, 0.05) is 17.9 Å². The molecule has 0 N–H and O–H groups in total. The van der Waals surface area contributed by atoms with E-state index in [0.717, 1.165) is 18.4 Å². The largest absolute Gasteiger partial charge is 0.335 e. The molecule has 0 radical (unpaired) electrons. The van der Waals surface area contributed by atoms with Gasteiger partial charge >= 0.3 is 0 Å². The Bertz CT molecular complexity index is 457. The monoisotopic (exact) mass is 247 g/mol. The molecule has 96 valence electrons. The number of amides is 1. The van der Waals surface area contributed by atoms with Crippen molar-refractivity contribution in [3.8, 4) is 0 Å². The Hall–Kier alpha value is -1.38. The second-order valence-corrected chi connectivity index (χ2v) is 5.64. The van der Waals surface area contributed by atoms with Crippen LogP contribution >= 0.6 is 0 Å². The van der Waals surface area contributed by atoms with Crippen LogP contribution < -0.4 is 0 Å². The Balaban J connectivity index is 1.84. The van der Waals surface area contributed by atoms with Crippen LogP contribution in [0.3, 0.4) is 0 Å². The average molecular weight is 247 g/mol. The first-order chi connectivity index (χ1) is 8.68. The predicted molar refractivity (Wildman–Crippen MR) is 67.7 cm³/mol. The molecule has 3 atom stereocenters. The molecule has 1 saturated heterocycles. The number of likely N-dealkylation sites (tertiary alicyclic amines) is 1. The minimum atomic E-state index is -0.361. The highest BCUT2D eigenvalue weighted by Gasteiger charge is 2.58. The molecular formula is C15H18FNO. The molecule has 2 nitrogen and oxygen atoms in total. The minimum Gasteiger partial charge on any atom is -0.335 e. The van der Waals surface area contributed by atoms with E-state index in [4.69, 9.17) is 0 Å². The summed E-state index contributed by atoms with van der Waals surface area (Å²) >= 11 is 0. The third-order valence-corrected chi connectivity index (χ3v) is 4.75. The fraction of sp³-hybridized carbons (Fsp3) is 0.533. The summed E-state index contributed by atoms with van der Waals surface area (Å²) in [4.78, 5) is 14.2. The van der Waals surface area contributed by atoms with E-state index in [1.54, 1.807) is 0 Å². The van der Waals surface area contributed by atoms with Gasteiger partial charge in [0.05, 0.1) is 12.7 Å². The van der Waals surface area contributed by atoms with Crippen molar-refractivity contribution in [1.82, 2.24) is 4.90 Å². The Kier molecular flexibility index (Phi) is 2.65. The first kappa shape index (κ1) is 11.7. The van der Waals surface area contributed by atoms with Crippen LogP contribution in [0.1, 0.15) is 31.4 Å². The fourth-order valence-corrected chi connectivity index (χ4v) is 3.33. The van der Waals surface area contributed by atoms with E-state index in [1.165, 1.54) is 0 Å². The Morgan fingerprint density at radius 1 is 1.44 bits per heavy atom. The van der Waals surface area contributed by atoms with Gasteiger partial charge in [-0.25, -0.2) is 0 Å². The number of rotatable bonds is 3. The van der Waals surface area contributed by atoms with Gasteiger partial charge in [-0.05, 0) is 25.3 Å². The van der Waals surface area contributed by atoms with Crippen LogP contribution in [0.25, 0.3) is 0 Å². The van der Waals surface area contributed by atoms with Crippen molar-refractivity contribution in [2.45, 2.75) is 25.8 Å². The van der Waals surface area contributed by atoms with Gasteiger partial charge in [-0.1, -0.05) is 30.3 Å². The Labute approximate surface area is 107 Å². The number of benzene rings is 1. The normalized spacial score (nSPS) is 32.0. The maximum atomic E-state index is 13.2. The topological polar surface area (TPSA) is 20.3 Å². The third kappa shape index (κ3) is 1.49. The third-order valence-electron chi connectivity index (χ3n) is 4.75. The lowest BCUT2D eigenvalue weighted by atomic mass is 9.63. The van der Waals surface area contributed by atoms with Gasteiger partial charge in [0.25, 0.3) is 0 Å². The highest BCUT2D eigenvalue weighted by molar-refractivity contribution is 5.84. The van der Waals surface area contributed by atoms with Crippen LogP contribution in [0.5, 0.6) is 0 Å². The number of halogens is 1. The van der Waals surface area contributed by atoms with Crippen molar-refractivity contribution in [3.05, 3.63) is 35.9 Å². The zero-order valence-electron chi connectivity index (χ0n) is 10.6. The molecule has 1 aromatic rings. The first-order valence-corrected chi connectivity index (χ1v) is 6.59. The molecule has 0 unspecified atom stereocenters. The molecule has 1 heterocycles. The summed E-state index contributed by atoms with van der Waals surface area (Å²) in [5, 5.41) is 0. The smallest absolute Gasteiger partial charge is 0.226 e. The molecule has 1 aliphatic heterocycles. The molecule has 2 aliphatic rings. The number of carbonyl (C=O) groups is 1. The molecule has 3 rings (SSSR count). The second kappa shape index (κ2) is 4.08. The molecule has 0 bridgehead atoms. The van der Waals surface area contributed by atoms with Crippen LogP contribution in [0.4, 0.5) is 4.39 Å². The number of hydrogen-bond acceptors (Lipinski definition) is 1. The molecule has 3 heteroatoms. The number of carbonyl (C=O) groups excluding carboxylic acids is 1. The van der Waals surface area contributed by atoms with E-state index in [2.05, 4.69) is 0 Å². The maximum Gasteiger partial charge on any atom is 0.226 e. The maximum absolute atomic E-state index is 13.2. The van der Waals surface area contributed by atoms with Crippen LogP contribution in [0, 0.1) is 11.3 Å². The summed E-state index contributed by atoms with van der Waals surface area (Å²) in [6, 6.07) is 10.0. The van der Waals surface area contributed by atoms with E-state index in [9.17, 15) is 9.18 Å². The molecule has 0 spiro atoms. The van der Waals surface area contributed by atoms with E-state index in [-0.39, 0.29) is 30.0 Å². The van der Waals surface area contributed by atoms with Crippen molar-refractivity contribution in [3.63, 3.8) is 0 Å². The average Bonchev–Trinajstić information content (AvgIpc) is 2.57. The van der Waals surface area contributed by atoms with E-state index in [1.807, 2.05) is 42.2 Å². The van der Waals surface area contributed by atoms with Crippen molar-refractivity contribution in [2.75, 3.05) is 13.2 Å².